The number of benzene rings is 2. The Labute approximate surface area is 147 Å². The topological polar surface area (TPSA) is 49.4 Å². The van der Waals surface area contributed by atoms with Crippen LogP contribution in [0.2, 0.25) is 10.0 Å². The van der Waals surface area contributed by atoms with E-state index in [1.807, 2.05) is 0 Å². The molecule has 0 saturated carbocycles. The van der Waals surface area contributed by atoms with E-state index in [2.05, 4.69) is 5.32 Å². The lowest BCUT2D eigenvalue weighted by Crippen LogP contribution is -2.32. The highest BCUT2D eigenvalue weighted by Crippen LogP contribution is 2.31. The van der Waals surface area contributed by atoms with Gasteiger partial charge < -0.3 is 5.32 Å². The van der Waals surface area contributed by atoms with E-state index in [1.165, 1.54) is 0 Å². The molecule has 0 spiro atoms. The first-order valence-electron chi connectivity index (χ1n) is 6.54. The highest BCUT2D eigenvalue weighted by atomic mass is 35.5. The summed E-state index contributed by atoms with van der Waals surface area (Å²) in [6, 6.07) is 13.3. The molecule has 116 valence electrons. The van der Waals surface area contributed by atoms with Gasteiger partial charge >= 0.3 is 0 Å². The second-order valence-electron chi connectivity index (χ2n) is 4.72. The van der Waals surface area contributed by atoms with Crippen molar-refractivity contribution in [2.45, 2.75) is 0 Å². The summed E-state index contributed by atoms with van der Waals surface area (Å²) < 4.78 is 0. The summed E-state index contributed by atoms with van der Waals surface area (Å²) in [7, 11) is 0. The SMILES string of the molecule is O=C1C(Cl)=C(Nc2ccc(Cl)c(Cl)c2)C(=O)N1c1ccccc1. The Hall–Kier alpha value is -2.01. The van der Waals surface area contributed by atoms with Gasteiger partial charge in [0.25, 0.3) is 11.8 Å². The van der Waals surface area contributed by atoms with Crippen molar-refractivity contribution in [2.75, 3.05) is 10.2 Å². The summed E-state index contributed by atoms with van der Waals surface area (Å²) in [6.07, 6.45) is 0. The van der Waals surface area contributed by atoms with Gasteiger partial charge in [0.05, 0.1) is 15.7 Å². The summed E-state index contributed by atoms with van der Waals surface area (Å²) in [4.78, 5) is 25.8. The Morgan fingerprint density at radius 2 is 1.52 bits per heavy atom. The van der Waals surface area contributed by atoms with Gasteiger partial charge in [0.15, 0.2) is 0 Å². The smallest absolute Gasteiger partial charge is 0.283 e. The van der Waals surface area contributed by atoms with Crippen molar-refractivity contribution >= 4 is 58.0 Å². The summed E-state index contributed by atoms with van der Waals surface area (Å²) >= 11 is 17.8. The Kier molecular flexibility index (Phi) is 4.31. The van der Waals surface area contributed by atoms with Gasteiger partial charge in [-0.1, -0.05) is 53.0 Å². The first-order chi connectivity index (χ1) is 11.0. The minimum atomic E-state index is -0.578. The summed E-state index contributed by atoms with van der Waals surface area (Å²) in [5.74, 6) is -1.11. The van der Waals surface area contributed by atoms with Crippen LogP contribution in [0.15, 0.2) is 59.3 Å². The van der Waals surface area contributed by atoms with Crippen LogP contribution in [0.4, 0.5) is 11.4 Å². The number of anilines is 2. The lowest BCUT2D eigenvalue weighted by atomic mass is 10.3. The van der Waals surface area contributed by atoms with E-state index in [4.69, 9.17) is 34.8 Å². The second-order valence-corrected chi connectivity index (χ2v) is 5.92. The van der Waals surface area contributed by atoms with Gasteiger partial charge in [0.2, 0.25) is 0 Å². The Balaban J connectivity index is 1.92. The maximum Gasteiger partial charge on any atom is 0.283 e. The maximum atomic E-state index is 12.5. The van der Waals surface area contributed by atoms with Gasteiger partial charge in [-0.15, -0.1) is 0 Å². The van der Waals surface area contributed by atoms with Crippen molar-refractivity contribution < 1.29 is 9.59 Å². The molecule has 0 bridgehead atoms. The molecule has 1 heterocycles. The van der Waals surface area contributed by atoms with Crippen LogP contribution in [0.5, 0.6) is 0 Å². The molecule has 2 aromatic rings. The monoisotopic (exact) mass is 366 g/mol. The molecular weight excluding hydrogens is 359 g/mol. The van der Waals surface area contributed by atoms with Gasteiger partial charge in [-0.05, 0) is 30.3 Å². The van der Waals surface area contributed by atoms with Crippen LogP contribution in [0.25, 0.3) is 0 Å². The third kappa shape index (κ3) is 2.93. The molecule has 3 rings (SSSR count). The van der Waals surface area contributed by atoms with E-state index >= 15 is 0 Å². The molecule has 0 unspecified atom stereocenters. The van der Waals surface area contributed by atoms with Gasteiger partial charge in [0.1, 0.15) is 10.7 Å². The van der Waals surface area contributed by atoms with Gasteiger partial charge in [-0.3, -0.25) is 9.59 Å². The molecule has 0 atom stereocenters. The van der Waals surface area contributed by atoms with E-state index in [0.717, 1.165) is 4.90 Å². The summed E-state index contributed by atoms with van der Waals surface area (Å²) in [5, 5.41) is 3.37. The fourth-order valence-electron chi connectivity index (χ4n) is 2.14. The number of para-hydroxylation sites is 1. The van der Waals surface area contributed by atoms with Crippen LogP contribution in [0.1, 0.15) is 0 Å². The van der Waals surface area contributed by atoms with Crippen LogP contribution < -0.4 is 10.2 Å². The number of hydrogen-bond donors (Lipinski definition) is 1. The zero-order chi connectivity index (χ0) is 16.6. The quantitative estimate of drug-likeness (QED) is 0.817. The number of hydrogen-bond acceptors (Lipinski definition) is 3. The number of amides is 2. The van der Waals surface area contributed by atoms with Gasteiger partial charge in [0, 0.05) is 5.69 Å². The standard InChI is InChI=1S/C16H9Cl3N2O2/c17-11-7-6-9(8-12(11)18)20-14-13(19)15(22)21(16(14)23)10-4-2-1-3-5-10/h1-8,20H. The first-order valence-corrected chi connectivity index (χ1v) is 7.68. The van der Waals surface area contributed by atoms with Gasteiger partial charge in [-0.25, -0.2) is 4.90 Å². The molecular formula is C16H9Cl3N2O2. The largest absolute Gasteiger partial charge is 0.350 e. The van der Waals surface area contributed by atoms with E-state index in [1.54, 1.807) is 48.5 Å². The molecule has 0 saturated heterocycles. The summed E-state index contributed by atoms with van der Waals surface area (Å²) in [6.45, 7) is 0. The minimum absolute atomic E-state index is 0.00101. The molecule has 0 aliphatic carbocycles. The minimum Gasteiger partial charge on any atom is -0.350 e. The Morgan fingerprint density at radius 1 is 0.826 bits per heavy atom. The lowest BCUT2D eigenvalue weighted by Gasteiger charge is -2.14. The third-order valence-corrected chi connectivity index (χ3v) is 4.32. The Bertz CT molecular complexity index is 834. The number of rotatable bonds is 3. The van der Waals surface area contributed by atoms with Crippen LogP contribution in [-0.4, -0.2) is 11.8 Å². The molecule has 23 heavy (non-hydrogen) atoms. The normalized spacial score (nSPS) is 14.7. The van der Waals surface area contributed by atoms with Crippen molar-refractivity contribution in [1.82, 2.24) is 0 Å². The molecule has 2 amide bonds. The van der Waals surface area contributed by atoms with E-state index in [9.17, 15) is 9.59 Å². The molecule has 0 aromatic heterocycles. The molecule has 0 radical (unpaired) electrons. The molecule has 7 heteroatoms. The van der Waals surface area contributed by atoms with Crippen molar-refractivity contribution in [3.05, 3.63) is 69.3 Å². The second kappa shape index (κ2) is 6.24. The van der Waals surface area contributed by atoms with Crippen LogP contribution in [0.3, 0.4) is 0 Å². The highest BCUT2D eigenvalue weighted by Gasteiger charge is 2.38. The van der Waals surface area contributed by atoms with Crippen LogP contribution in [0, 0.1) is 0 Å². The lowest BCUT2D eigenvalue weighted by molar-refractivity contribution is -0.120. The maximum absolute atomic E-state index is 12.5. The molecule has 1 N–H and O–H groups in total. The molecule has 2 aromatic carbocycles. The van der Waals surface area contributed by atoms with Crippen molar-refractivity contribution in [3.8, 4) is 0 Å². The van der Waals surface area contributed by atoms with Crippen molar-refractivity contribution in [2.24, 2.45) is 0 Å². The summed E-state index contributed by atoms with van der Waals surface area (Å²) in [5.41, 5.74) is 0.953. The first kappa shape index (κ1) is 15.9. The van der Waals surface area contributed by atoms with E-state index in [-0.39, 0.29) is 10.7 Å². The fraction of sp³-hybridized carbons (Fsp3) is 0. The number of nitrogens with zero attached hydrogens (tertiary/aromatic N) is 1. The zero-order valence-electron chi connectivity index (χ0n) is 11.5. The Morgan fingerprint density at radius 3 is 2.17 bits per heavy atom. The predicted octanol–water partition coefficient (Wildman–Crippen LogP) is 4.43. The van der Waals surface area contributed by atoms with Crippen molar-refractivity contribution in [1.29, 1.82) is 0 Å². The molecule has 0 fully saturated rings. The van der Waals surface area contributed by atoms with E-state index in [0.29, 0.717) is 21.4 Å². The van der Waals surface area contributed by atoms with Crippen LogP contribution in [-0.2, 0) is 9.59 Å². The zero-order valence-corrected chi connectivity index (χ0v) is 13.8. The number of halogens is 3. The number of nitrogens with one attached hydrogen (secondary N) is 1. The van der Waals surface area contributed by atoms with Gasteiger partial charge in [-0.2, -0.15) is 0 Å². The average molecular weight is 368 g/mol. The fourth-order valence-corrected chi connectivity index (χ4v) is 2.65. The average Bonchev–Trinajstić information content (AvgIpc) is 2.75. The number of carbonyl (C=O) groups excluding carboxylic acids is 2. The van der Waals surface area contributed by atoms with Crippen LogP contribution >= 0.6 is 34.8 Å². The molecule has 4 nitrogen and oxygen atoms in total. The van der Waals surface area contributed by atoms with Crippen molar-refractivity contribution in [3.63, 3.8) is 0 Å². The molecule has 1 aliphatic rings. The number of carbonyl (C=O) groups is 2. The predicted molar refractivity (Wildman–Crippen MR) is 91.9 cm³/mol. The third-order valence-electron chi connectivity index (χ3n) is 3.23. The van der Waals surface area contributed by atoms with E-state index < -0.39 is 11.8 Å². The highest BCUT2D eigenvalue weighted by molar-refractivity contribution is 6.53. The molecule has 1 aliphatic heterocycles. The number of imide groups is 1.